The van der Waals surface area contributed by atoms with Crippen LogP contribution in [-0.2, 0) is 27.7 Å². The molecule has 0 unspecified atom stereocenters. The summed E-state index contributed by atoms with van der Waals surface area (Å²) in [6.07, 6.45) is -2.29. The number of fused-ring (bicyclic) bond motifs is 1. The van der Waals surface area contributed by atoms with E-state index in [0.29, 0.717) is 4.57 Å². The van der Waals surface area contributed by atoms with Gasteiger partial charge in [-0.05, 0) is 55.3 Å². The lowest BCUT2D eigenvalue weighted by Crippen LogP contribution is -2.53. The summed E-state index contributed by atoms with van der Waals surface area (Å²) in [5.74, 6) is -4.07. The van der Waals surface area contributed by atoms with E-state index >= 15 is 8.78 Å². The van der Waals surface area contributed by atoms with Gasteiger partial charge in [0.15, 0.2) is 0 Å². The molecule has 5 rings (SSSR count). The van der Waals surface area contributed by atoms with Gasteiger partial charge >= 0.3 is 17.8 Å². The molecule has 2 atom stereocenters. The normalized spacial score (nSPS) is 15.8. The van der Waals surface area contributed by atoms with E-state index in [2.05, 4.69) is 10.3 Å². The summed E-state index contributed by atoms with van der Waals surface area (Å²) in [5, 5.41) is 2.51. The number of ether oxygens (including phenoxy) is 2. The van der Waals surface area contributed by atoms with Crippen molar-refractivity contribution in [3.05, 3.63) is 98.0 Å². The first-order valence-corrected chi connectivity index (χ1v) is 14.8. The topological polar surface area (TPSA) is 125 Å². The van der Waals surface area contributed by atoms with Gasteiger partial charge in [0.25, 0.3) is 11.5 Å². The number of pyridine rings is 1. The summed E-state index contributed by atoms with van der Waals surface area (Å²) in [6, 6.07) is 3.50. The summed E-state index contributed by atoms with van der Waals surface area (Å²) >= 11 is 0. The number of esters is 1. The fourth-order valence-corrected chi connectivity index (χ4v) is 5.63. The van der Waals surface area contributed by atoms with Gasteiger partial charge in [-0.1, -0.05) is 6.07 Å². The Labute approximate surface area is 269 Å². The average molecular weight is 676 g/mol. The second kappa shape index (κ2) is 13.5. The molecule has 0 aliphatic carbocycles. The van der Waals surface area contributed by atoms with Crippen LogP contribution in [0.3, 0.4) is 0 Å². The average Bonchev–Trinajstić information content (AvgIpc) is 3.03. The molecule has 1 aliphatic heterocycles. The molecule has 16 heteroatoms. The zero-order chi connectivity index (χ0) is 34.9. The minimum atomic E-state index is -4.65. The van der Waals surface area contributed by atoms with E-state index in [1.807, 2.05) is 0 Å². The highest BCUT2D eigenvalue weighted by Gasteiger charge is 2.45. The number of hydrogen-bond donors (Lipinski definition) is 1. The molecular formula is C32H30F5N5O6. The van der Waals surface area contributed by atoms with Crippen molar-refractivity contribution < 1.29 is 41.0 Å². The Hall–Kier alpha value is -5.12. The molecule has 0 spiro atoms. The number of rotatable bonds is 8. The van der Waals surface area contributed by atoms with Gasteiger partial charge in [0.1, 0.15) is 23.7 Å². The van der Waals surface area contributed by atoms with Gasteiger partial charge in [-0.3, -0.25) is 19.1 Å². The summed E-state index contributed by atoms with van der Waals surface area (Å²) in [4.78, 5) is 57.1. The van der Waals surface area contributed by atoms with Crippen LogP contribution in [0, 0.1) is 18.6 Å². The van der Waals surface area contributed by atoms with Crippen molar-refractivity contribution in [2.75, 3.05) is 31.3 Å². The number of nitrogens with one attached hydrogen (secondary N) is 1. The van der Waals surface area contributed by atoms with Crippen LogP contribution < -0.4 is 21.5 Å². The van der Waals surface area contributed by atoms with Crippen molar-refractivity contribution >= 4 is 28.5 Å². The SMILES string of the molecule is CCOC(=O)[C@H](Cc1ccc(-n2c(=O)c3ccncc3n(C)c2=O)c(F)c1)NC(=O)c1c(C)cc(N2CCOC[C@@H]2C(F)(F)F)cc1F. The lowest BCUT2D eigenvalue weighted by atomic mass is 10.0. The number of anilines is 1. The third kappa shape index (κ3) is 6.65. The van der Waals surface area contributed by atoms with Crippen LogP contribution in [0.1, 0.15) is 28.4 Å². The zero-order valence-corrected chi connectivity index (χ0v) is 25.9. The molecule has 1 amide bonds. The van der Waals surface area contributed by atoms with Crippen molar-refractivity contribution in [2.45, 2.75) is 38.5 Å². The number of amides is 1. The van der Waals surface area contributed by atoms with Crippen LogP contribution in [-0.4, -0.2) is 70.6 Å². The number of aromatic nitrogens is 3. The van der Waals surface area contributed by atoms with Crippen LogP contribution in [0.15, 0.2) is 58.4 Å². The van der Waals surface area contributed by atoms with Gasteiger partial charge in [0, 0.05) is 31.9 Å². The van der Waals surface area contributed by atoms with Crippen LogP contribution in [0.5, 0.6) is 0 Å². The lowest BCUT2D eigenvalue weighted by molar-refractivity contribution is -0.167. The first kappa shape index (κ1) is 34.2. The maximum atomic E-state index is 15.5. The first-order chi connectivity index (χ1) is 22.7. The molecule has 2 aromatic carbocycles. The molecule has 3 heterocycles. The van der Waals surface area contributed by atoms with Gasteiger partial charge < -0.3 is 19.7 Å². The molecule has 1 aliphatic rings. The third-order valence-corrected chi connectivity index (χ3v) is 7.98. The highest BCUT2D eigenvalue weighted by atomic mass is 19.4. The number of carbonyl (C=O) groups is 2. The van der Waals surface area contributed by atoms with Gasteiger partial charge in [0.05, 0.1) is 48.2 Å². The molecule has 4 aromatic rings. The maximum Gasteiger partial charge on any atom is 0.411 e. The quantitative estimate of drug-likeness (QED) is 0.223. The molecular weight excluding hydrogens is 645 g/mol. The van der Waals surface area contributed by atoms with Gasteiger partial charge in [-0.15, -0.1) is 0 Å². The first-order valence-electron chi connectivity index (χ1n) is 14.8. The van der Waals surface area contributed by atoms with Gasteiger partial charge in [0.2, 0.25) is 0 Å². The Kier molecular flexibility index (Phi) is 9.66. The Balaban J connectivity index is 1.42. The van der Waals surface area contributed by atoms with E-state index in [4.69, 9.17) is 9.47 Å². The molecule has 48 heavy (non-hydrogen) atoms. The number of halogens is 5. The summed E-state index contributed by atoms with van der Waals surface area (Å²) in [5.41, 5.74) is -2.14. The highest BCUT2D eigenvalue weighted by molar-refractivity contribution is 5.98. The second-order valence-corrected chi connectivity index (χ2v) is 11.1. The van der Waals surface area contributed by atoms with Crippen molar-refractivity contribution in [3.8, 4) is 5.69 Å². The predicted octanol–water partition coefficient (Wildman–Crippen LogP) is 3.34. The fourth-order valence-electron chi connectivity index (χ4n) is 5.63. The number of hydrogen-bond acceptors (Lipinski definition) is 8. The summed E-state index contributed by atoms with van der Waals surface area (Å²) < 4.78 is 83.6. The number of nitrogens with zero attached hydrogens (tertiary/aromatic N) is 4. The Bertz CT molecular complexity index is 1990. The Morgan fingerprint density at radius 3 is 2.54 bits per heavy atom. The monoisotopic (exact) mass is 675 g/mol. The molecule has 1 saturated heterocycles. The molecule has 2 aromatic heterocycles. The van der Waals surface area contributed by atoms with E-state index in [1.54, 1.807) is 0 Å². The van der Waals surface area contributed by atoms with E-state index in [9.17, 15) is 32.3 Å². The maximum absolute atomic E-state index is 15.5. The van der Waals surface area contributed by atoms with Gasteiger partial charge in [-0.2, -0.15) is 13.2 Å². The molecule has 1 fully saturated rings. The molecule has 0 saturated carbocycles. The number of benzene rings is 2. The van der Waals surface area contributed by atoms with Crippen LogP contribution in [0.4, 0.5) is 27.6 Å². The number of aryl methyl sites for hydroxylation is 2. The Morgan fingerprint density at radius 2 is 1.88 bits per heavy atom. The minimum Gasteiger partial charge on any atom is -0.464 e. The van der Waals surface area contributed by atoms with Gasteiger partial charge in [-0.25, -0.2) is 22.9 Å². The summed E-state index contributed by atoms with van der Waals surface area (Å²) in [7, 11) is 1.40. The second-order valence-electron chi connectivity index (χ2n) is 11.1. The summed E-state index contributed by atoms with van der Waals surface area (Å²) in [6.45, 7) is 1.98. The smallest absolute Gasteiger partial charge is 0.411 e. The molecule has 0 bridgehead atoms. The molecule has 254 valence electrons. The van der Waals surface area contributed by atoms with E-state index in [1.165, 1.54) is 57.6 Å². The molecule has 11 nitrogen and oxygen atoms in total. The van der Waals surface area contributed by atoms with E-state index < -0.39 is 65.2 Å². The van der Waals surface area contributed by atoms with E-state index in [-0.39, 0.29) is 59.6 Å². The molecule has 1 N–H and O–H groups in total. The minimum absolute atomic E-state index is 0.00566. The number of alkyl halides is 3. The Morgan fingerprint density at radius 1 is 1.12 bits per heavy atom. The standard InChI is InChI=1S/C32H30F5N5O6/c1-4-48-30(45)23(39-28(43)27-17(2)11-19(14-22(27)34)41-9-10-47-16-26(41)32(35,36)37)13-18-5-6-24(21(33)12-18)42-29(44)20-7-8-38-15-25(20)40(3)31(42)46/h5-8,11-12,14-15,23,26H,4,9-10,13,16H2,1-3H3,(H,39,43)/t23-,26+/m0/s1. The van der Waals surface area contributed by atoms with Crippen molar-refractivity contribution in [2.24, 2.45) is 7.05 Å². The van der Waals surface area contributed by atoms with Crippen molar-refractivity contribution in [3.63, 3.8) is 0 Å². The predicted molar refractivity (Wildman–Crippen MR) is 163 cm³/mol. The largest absolute Gasteiger partial charge is 0.464 e. The number of morpholine rings is 1. The number of carbonyl (C=O) groups excluding carboxylic acids is 2. The fraction of sp³-hybridized carbons (Fsp3) is 0.344. The lowest BCUT2D eigenvalue weighted by Gasteiger charge is -2.38. The van der Waals surface area contributed by atoms with Crippen LogP contribution >= 0.6 is 0 Å². The van der Waals surface area contributed by atoms with Crippen molar-refractivity contribution in [1.82, 2.24) is 19.4 Å². The highest BCUT2D eigenvalue weighted by Crippen LogP contribution is 2.33. The van der Waals surface area contributed by atoms with Crippen LogP contribution in [0.25, 0.3) is 16.6 Å². The molecule has 0 radical (unpaired) electrons. The zero-order valence-electron chi connectivity index (χ0n) is 25.9. The van der Waals surface area contributed by atoms with E-state index in [0.717, 1.165) is 21.6 Å². The van der Waals surface area contributed by atoms with Crippen LogP contribution in [0.2, 0.25) is 0 Å². The van der Waals surface area contributed by atoms with Crippen molar-refractivity contribution in [1.29, 1.82) is 0 Å². The third-order valence-electron chi connectivity index (χ3n) is 7.98.